The number of aromatic nitrogens is 2. The van der Waals surface area contributed by atoms with E-state index in [4.69, 9.17) is 0 Å². The first-order chi connectivity index (χ1) is 17.4. The average Bonchev–Trinajstić information content (AvgIpc) is 3.24. The monoisotopic (exact) mass is 489 g/mol. The van der Waals surface area contributed by atoms with Gasteiger partial charge >= 0.3 is 0 Å². The summed E-state index contributed by atoms with van der Waals surface area (Å²) in [7, 11) is 0. The van der Waals surface area contributed by atoms with E-state index in [1.54, 1.807) is 6.08 Å². The van der Waals surface area contributed by atoms with Crippen molar-refractivity contribution >= 4 is 17.1 Å². The Hall–Kier alpha value is -2.86. The van der Waals surface area contributed by atoms with E-state index in [1.165, 1.54) is 24.8 Å². The number of hydrogen-bond acceptors (Lipinski definition) is 4. The lowest BCUT2D eigenvalue weighted by molar-refractivity contribution is -0.124. The first-order valence-electron chi connectivity index (χ1n) is 13.8. The van der Waals surface area contributed by atoms with Crippen molar-refractivity contribution in [2.24, 2.45) is 0 Å². The molecule has 0 aromatic carbocycles. The van der Waals surface area contributed by atoms with E-state index in [0.717, 1.165) is 66.8 Å². The highest BCUT2D eigenvalue weighted by Crippen LogP contribution is 2.27. The SMILES string of the molecule is CC.CCc1cc(/C(C)=C/C(=O)N2C=C(N3CCN(C4CCC4)CC3)C=CC2C)cn2cc(C)nc12. The normalized spacial score (nSPS) is 21.2. The zero-order valence-corrected chi connectivity index (χ0v) is 23.0. The Labute approximate surface area is 217 Å². The quantitative estimate of drug-likeness (QED) is 0.525. The van der Waals surface area contributed by atoms with Crippen molar-refractivity contribution in [3.05, 3.63) is 65.4 Å². The number of piperazine rings is 1. The summed E-state index contributed by atoms with van der Waals surface area (Å²) < 4.78 is 2.08. The van der Waals surface area contributed by atoms with Gasteiger partial charge in [0.2, 0.25) is 0 Å². The van der Waals surface area contributed by atoms with Gasteiger partial charge in [-0.15, -0.1) is 0 Å². The van der Waals surface area contributed by atoms with E-state index in [-0.39, 0.29) is 11.9 Å². The predicted molar refractivity (Wildman–Crippen MR) is 149 cm³/mol. The molecule has 6 heteroatoms. The lowest BCUT2D eigenvalue weighted by Crippen LogP contribution is -2.52. The van der Waals surface area contributed by atoms with Gasteiger partial charge < -0.3 is 14.2 Å². The molecule has 1 saturated heterocycles. The molecule has 1 aliphatic carbocycles. The number of pyridine rings is 1. The molecule has 3 aliphatic rings. The highest BCUT2D eigenvalue weighted by atomic mass is 16.2. The number of imidazole rings is 1. The Morgan fingerprint density at radius 2 is 1.86 bits per heavy atom. The Balaban J connectivity index is 0.00000148. The van der Waals surface area contributed by atoms with Crippen LogP contribution in [0.4, 0.5) is 0 Å². The third-order valence-corrected chi connectivity index (χ3v) is 7.70. The maximum atomic E-state index is 13.4. The number of amides is 1. The van der Waals surface area contributed by atoms with Crippen molar-refractivity contribution in [3.63, 3.8) is 0 Å². The zero-order valence-electron chi connectivity index (χ0n) is 23.0. The molecular weight excluding hydrogens is 446 g/mol. The topological polar surface area (TPSA) is 44.1 Å². The molecule has 0 radical (unpaired) electrons. The molecule has 0 spiro atoms. The van der Waals surface area contributed by atoms with Crippen LogP contribution in [0.5, 0.6) is 0 Å². The molecule has 0 bridgehead atoms. The van der Waals surface area contributed by atoms with Crippen LogP contribution in [0.1, 0.15) is 70.7 Å². The molecule has 2 aromatic rings. The Morgan fingerprint density at radius 3 is 2.50 bits per heavy atom. The molecule has 5 rings (SSSR count). The van der Waals surface area contributed by atoms with Crippen LogP contribution in [0.3, 0.4) is 0 Å². The lowest BCUT2D eigenvalue weighted by Gasteiger charge is -2.44. The number of rotatable bonds is 5. The number of nitrogens with zero attached hydrogens (tertiary/aromatic N) is 5. The first-order valence-corrected chi connectivity index (χ1v) is 13.8. The molecule has 1 saturated carbocycles. The fourth-order valence-corrected chi connectivity index (χ4v) is 5.29. The third kappa shape index (κ3) is 5.44. The third-order valence-electron chi connectivity index (χ3n) is 7.70. The average molecular weight is 490 g/mol. The first kappa shape index (κ1) is 26.2. The van der Waals surface area contributed by atoms with E-state index in [1.807, 2.05) is 38.8 Å². The van der Waals surface area contributed by atoms with E-state index < -0.39 is 0 Å². The summed E-state index contributed by atoms with van der Waals surface area (Å²) in [5.41, 5.74) is 6.38. The summed E-state index contributed by atoms with van der Waals surface area (Å²) in [6.45, 7) is 16.6. The second kappa shape index (κ2) is 11.5. The van der Waals surface area contributed by atoms with Crippen LogP contribution in [-0.4, -0.2) is 68.3 Å². The van der Waals surface area contributed by atoms with E-state index >= 15 is 0 Å². The molecule has 4 heterocycles. The molecule has 2 fully saturated rings. The summed E-state index contributed by atoms with van der Waals surface area (Å²) in [6.07, 6.45) is 17.3. The summed E-state index contributed by atoms with van der Waals surface area (Å²) in [5.74, 6) is 0.0277. The van der Waals surface area contributed by atoms with Crippen LogP contribution < -0.4 is 0 Å². The highest BCUT2D eigenvalue weighted by Gasteiger charge is 2.29. The van der Waals surface area contributed by atoms with Gasteiger partial charge in [-0.25, -0.2) is 4.98 Å². The Kier molecular flexibility index (Phi) is 8.35. The fourth-order valence-electron chi connectivity index (χ4n) is 5.29. The van der Waals surface area contributed by atoms with Crippen LogP contribution in [0.25, 0.3) is 11.2 Å². The predicted octanol–water partition coefficient (Wildman–Crippen LogP) is 5.43. The van der Waals surface area contributed by atoms with Crippen molar-refractivity contribution < 1.29 is 4.79 Å². The van der Waals surface area contributed by atoms with E-state index in [9.17, 15) is 4.79 Å². The van der Waals surface area contributed by atoms with Gasteiger partial charge in [0.25, 0.3) is 5.91 Å². The van der Waals surface area contributed by atoms with Gasteiger partial charge in [0.05, 0.1) is 17.4 Å². The highest BCUT2D eigenvalue weighted by molar-refractivity contribution is 5.96. The molecule has 2 aliphatic heterocycles. The molecule has 6 nitrogen and oxygen atoms in total. The number of carbonyl (C=O) groups excluding carboxylic acids is 1. The number of allylic oxidation sites excluding steroid dienone is 2. The smallest absolute Gasteiger partial charge is 0.251 e. The molecule has 1 amide bonds. The van der Waals surface area contributed by atoms with Crippen LogP contribution in [0, 0.1) is 6.92 Å². The van der Waals surface area contributed by atoms with Crippen molar-refractivity contribution in [1.82, 2.24) is 24.1 Å². The minimum absolute atomic E-state index is 0.0277. The van der Waals surface area contributed by atoms with Crippen LogP contribution in [0.2, 0.25) is 0 Å². The number of carbonyl (C=O) groups is 1. The van der Waals surface area contributed by atoms with E-state index in [2.05, 4.69) is 63.6 Å². The van der Waals surface area contributed by atoms with Gasteiger partial charge in [-0.1, -0.05) is 33.3 Å². The fraction of sp³-hybridized carbons (Fsp3) is 0.533. The minimum Gasteiger partial charge on any atom is -0.368 e. The number of fused-ring (bicyclic) bond motifs is 1. The standard InChI is InChI=1S/C28H37N5O.C2H6/c1-5-23-16-24(18-32-17-21(3)29-28(23)32)20(2)15-27(34)33-19-26(10-9-22(33)4)31-13-11-30(12-14-31)25-7-6-8-25;1-2/h9-10,15-19,22,25H,5-8,11-14H2,1-4H3;1-2H3/b20-15+;. The summed E-state index contributed by atoms with van der Waals surface area (Å²) >= 11 is 0. The van der Waals surface area contributed by atoms with Gasteiger partial charge in [-0.3, -0.25) is 9.69 Å². The number of hydrogen-bond donors (Lipinski definition) is 0. The van der Waals surface area contributed by atoms with Gasteiger partial charge in [0, 0.05) is 56.9 Å². The second-order valence-corrected chi connectivity index (χ2v) is 10.1. The second-order valence-electron chi connectivity index (χ2n) is 10.1. The van der Waals surface area contributed by atoms with Crippen LogP contribution >= 0.6 is 0 Å². The van der Waals surface area contributed by atoms with E-state index in [0.29, 0.717) is 0 Å². The Morgan fingerprint density at radius 1 is 1.14 bits per heavy atom. The van der Waals surface area contributed by atoms with Crippen LogP contribution in [-0.2, 0) is 11.2 Å². The Bertz CT molecular complexity index is 1160. The molecule has 194 valence electrons. The zero-order chi connectivity index (χ0) is 25.8. The maximum Gasteiger partial charge on any atom is 0.251 e. The largest absolute Gasteiger partial charge is 0.368 e. The minimum atomic E-state index is 0.0277. The molecule has 36 heavy (non-hydrogen) atoms. The van der Waals surface area contributed by atoms with Gasteiger partial charge in [-0.05, 0) is 68.9 Å². The molecule has 0 N–H and O–H groups in total. The molecule has 1 atom stereocenters. The van der Waals surface area contributed by atoms with Crippen LogP contribution in [0.15, 0.2) is 48.6 Å². The summed E-state index contributed by atoms with van der Waals surface area (Å²) in [4.78, 5) is 25.0. The van der Waals surface area contributed by atoms with Gasteiger partial charge in [0.1, 0.15) is 5.65 Å². The van der Waals surface area contributed by atoms with Crippen molar-refractivity contribution in [3.8, 4) is 0 Å². The molecule has 2 aromatic heterocycles. The maximum absolute atomic E-state index is 13.4. The molecule has 1 unspecified atom stereocenters. The summed E-state index contributed by atoms with van der Waals surface area (Å²) in [6, 6.07) is 3.02. The van der Waals surface area contributed by atoms with Gasteiger partial charge in [-0.2, -0.15) is 0 Å². The molecular formula is C30H43N5O. The van der Waals surface area contributed by atoms with Crippen molar-refractivity contribution in [1.29, 1.82) is 0 Å². The van der Waals surface area contributed by atoms with Crippen molar-refractivity contribution in [2.45, 2.75) is 79.3 Å². The summed E-state index contributed by atoms with van der Waals surface area (Å²) in [5, 5.41) is 0. The number of aryl methyl sites for hydroxylation is 2. The van der Waals surface area contributed by atoms with Crippen molar-refractivity contribution in [2.75, 3.05) is 26.2 Å². The lowest BCUT2D eigenvalue weighted by atomic mass is 9.91. The van der Waals surface area contributed by atoms with Gasteiger partial charge in [0.15, 0.2) is 0 Å².